The number of hydrogen-bond acceptors (Lipinski definition) is 5. The lowest BCUT2D eigenvalue weighted by atomic mass is 10.1. The molecule has 0 spiro atoms. The highest BCUT2D eigenvalue weighted by atomic mass is 16.7. The van der Waals surface area contributed by atoms with Crippen LogP contribution in [0.4, 0.5) is 0 Å². The SMILES string of the molecule is CC1(C)OCc2cc(CN3CCOC(CO)C3)ccc2O1. The Morgan fingerprint density at radius 1 is 1.38 bits per heavy atom. The molecule has 1 aromatic carbocycles. The van der Waals surface area contributed by atoms with Gasteiger partial charge in [-0.05, 0) is 17.7 Å². The maximum absolute atomic E-state index is 9.20. The third-order valence-electron chi connectivity index (χ3n) is 3.89. The number of aliphatic hydroxyl groups is 1. The molecule has 0 radical (unpaired) electrons. The van der Waals surface area contributed by atoms with Crippen LogP contribution in [0.15, 0.2) is 18.2 Å². The maximum Gasteiger partial charge on any atom is 0.205 e. The van der Waals surface area contributed by atoms with Gasteiger partial charge in [-0.3, -0.25) is 4.90 Å². The van der Waals surface area contributed by atoms with Gasteiger partial charge in [0.05, 0.1) is 25.9 Å². The van der Waals surface area contributed by atoms with Crippen LogP contribution in [0.2, 0.25) is 0 Å². The molecule has 0 amide bonds. The number of ether oxygens (including phenoxy) is 3. The number of hydrogen-bond donors (Lipinski definition) is 1. The minimum absolute atomic E-state index is 0.0659. The van der Waals surface area contributed by atoms with Gasteiger partial charge in [-0.1, -0.05) is 6.07 Å². The van der Waals surface area contributed by atoms with Crippen LogP contribution in [-0.4, -0.2) is 48.2 Å². The molecule has 21 heavy (non-hydrogen) atoms. The molecular weight excluding hydrogens is 270 g/mol. The Balaban J connectivity index is 1.67. The Kier molecular flexibility index (Phi) is 4.17. The smallest absolute Gasteiger partial charge is 0.205 e. The molecule has 2 heterocycles. The first-order chi connectivity index (χ1) is 10.1. The predicted molar refractivity (Wildman–Crippen MR) is 78.0 cm³/mol. The van der Waals surface area contributed by atoms with Crippen LogP contribution in [0.1, 0.15) is 25.0 Å². The van der Waals surface area contributed by atoms with E-state index in [-0.39, 0.29) is 12.7 Å². The maximum atomic E-state index is 9.20. The van der Waals surface area contributed by atoms with E-state index < -0.39 is 5.79 Å². The Bertz CT molecular complexity index is 503. The van der Waals surface area contributed by atoms with Gasteiger partial charge in [0.15, 0.2) is 0 Å². The van der Waals surface area contributed by atoms with Gasteiger partial charge in [-0.15, -0.1) is 0 Å². The van der Waals surface area contributed by atoms with Crippen molar-refractivity contribution in [3.05, 3.63) is 29.3 Å². The molecule has 5 nitrogen and oxygen atoms in total. The van der Waals surface area contributed by atoms with E-state index in [0.29, 0.717) is 13.2 Å². The van der Waals surface area contributed by atoms with E-state index in [0.717, 1.165) is 30.9 Å². The molecule has 1 saturated heterocycles. The van der Waals surface area contributed by atoms with E-state index >= 15 is 0 Å². The largest absolute Gasteiger partial charge is 0.463 e. The highest BCUT2D eigenvalue weighted by molar-refractivity contribution is 5.38. The van der Waals surface area contributed by atoms with Gasteiger partial charge in [-0.2, -0.15) is 0 Å². The molecule has 1 unspecified atom stereocenters. The minimum atomic E-state index is -0.549. The lowest BCUT2D eigenvalue weighted by Gasteiger charge is -2.34. The average Bonchev–Trinajstić information content (AvgIpc) is 2.47. The Morgan fingerprint density at radius 3 is 3.05 bits per heavy atom. The van der Waals surface area contributed by atoms with Gasteiger partial charge in [0, 0.05) is 39.0 Å². The summed E-state index contributed by atoms with van der Waals surface area (Å²) in [6, 6.07) is 6.27. The van der Waals surface area contributed by atoms with E-state index in [1.54, 1.807) is 0 Å². The number of morpholine rings is 1. The zero-order valence-electron chi connectivity index (χ0n) is 12.7. The minimum Gasteiger partial charge on any atom is -0.463 e. The molecular formula is C16H23NO4. The summed E-state index contributed by atoms with van der Waals surface area (Å²) in [4.78, 5) is 2.31. The second kappa shape index (κ2) is 5.93. The second-order valence-electron chi connectivity index (χ2n) is 6.14. The summed E-state index contributed by atoms with van der Waals surface area (Å²) in [6.07, 6.45) is -0.0659. The summed E-state index contributed by atoms with van der Waals surface area (Å²) in [7, 11) is 0. The van der Waals surface area contributed by atoms with Gasteiger partial charge in [0.1, 0.15) is 5.75 Å². The fraction of sp³-hybridized carbons (Fsp3) is 0.625. The van der Waals surface area contributed by atoms with E-state index in [9.17, 15) is 5.11 Å². The average molecular weight is 293 g/mol. The number of fused-ring (bicyclic) bond motifs is 1. The van der Waals surface area contributed by atoms with Gasteiger partial charge >= 0.3 is 0 Å². The predicted octanol–water partition coefficient (Wildman–Crippen LogP) is 1.52. The van der Waals surface area contributed by atoms with Crippen LogP contribution in [-0.2, 0) is 22.6 Å². The number of benzene rings is 1. The number of nitrogens with zero attached hydrogens (tertiary/aromatic N) is 1. The lowest BCUT2D eigenvalue weighted by Crippen LogP contribution is -2.43. The third-order valence-corrected chi connectivity index (χ3v) is 3.89. The topological polar surface area (TPSA) is 51.2 Å². The van der Waals surface area contributed by atoms with Crippen molar-refractivity contribution in [1.29, 1.82) is 0 Å². The summed E-state index contributed by atoms with van der Waals surface area (Å²) in [5.74, 6) is 0.359. The Hall–Kier alpha value is -1.14. The monoisotopic (exact) mass is 293 g/mol. The van der Waals surface area contributed by atoms with Gasteiger partial charge in [-0.25, -0.2) is 0 Å². The fourth-order valence-corrected chi connectivity index (χ4v) is 2.78. The summed E-state index contributed by atoms with van der Waals surface area (Å²) in [6.45, 7) is 7.71. The van der Waals surface area contributed by atoms with Gasteiger partial charge in [0.25, 0.3) is 0 Å². The Labute approximate surface area is 125 Å². The zero-order chi connectivity index (χ0) is 14.9. The molecule has 0 bridgehead atoms. The van der Waals surface area contributed by atoms with Crippen molar-refractivity contribution in [3.63, 3.8) is 0 Å². The van der Waals surface area contributed by atoms with Crippen LogP contribution >= 0.6 is 0 Å². The lowest BCUT2D eigenvalue weighted by molar-refractivity contribution is -0.180. The van der Waals surface area contributed by atoms with Gasteiger partial charge < -0.3 is 19.3 Å². The first-order valence-corrected chi connectivity index (χ1v) is 7.45. The molecule has 116 valence electrons. The molecule has 3 rings (SSSR count). The van der Waals surface area contributed by atoms with Crippen LogP contribution < -0.4 is 4.74 Å². The number of aliphatic hydroxyl groups excluding tert-OH is 1. The standard InChI is InChI=1S/C16H23NO4/c1-16(2)20-11-13-7-12(3-4-15(13)21-16)8-17-5-6-19-14(9-17)10-18/h3-4,7,14,18H,5-6,8-11H2,1-2H3. The van der Waals surface area contributed by atoms with Crippen molar-refractivity contribution in [2.24, 2.45) is 0 Å². The van der Waals surface area contributed by atoms with E-state index in [4.69, 9.17) is 14.2 Å². The molecule has 2 aliphatic rings. The highest BCUT2D eigenvalue weighted by Crippen LogP contribution is 2.31. The van der Waals surface area contributed by atoms with Crippen molar-refractivity contribution in [2.45, 2.75) is 38.9 Å². The summed E-state index contributed by atoms with van der Waals surface area (Å²) < 4.78 is 17.0. The molecule has 1 aromatic rings. The van der Waals surface area contributed by atoms with E-state index in [2.05, 4.69) is 17.0 Å². The van der Waals surface area contributed by atoms with Crippen LogP contribution in [0, 0.1) is 0 Å². The summed E-state index contributed by atoms with van der Waals surface area (Å²) >= 11 is 0. The van der Waals surface area contributed by atoms with Crippen LogP contribution in [0.5, 0.6) is 5.75 Å². The van der Waals surface area contributed by atoms with Crippen LogP contribution in [0.25, 0.3) is 0 Å². The first-order valence-electron chi connectivity index (χ1n) is 7.45. The molecule has 1 N–H and O–H groups in total. The molecule has 5 heteroatoms. The first kappa shape index (κ1) is 14.8. The normalized spacial score (nSPS) is 25.2. The quantitative estimate of drug-likeness (QED) is 0.916. The Morgan fingerprint density at radius 2 is 2.24 bits per heavy atom. The molecule has 0 aromatic heterocycles. The summed E-state index contributed by atoms with van der Waals surface area (Å²) in [5.41, 5.74) is 2.33. The second-order valence-corrected chi connectivity index (χ2v) is 6.14. The number of rotatable bonds is 3. The molecule has 2 aliphatic heterocycles. The van der Waals surface area contributed by atoms with Crippen LogP contribution in [0.3, 0.4) is 0 Å². The van der Waals surface area contributed by atoms with Crippen molar-refractivity contribution in [2.75, 3.05) is 26.3 Å². The summed E-state index contributed by atoms with van der Waals surface area (Å²) in [5, 5.41) is 9.20. The van der Waals surface area contributed by atoms with Crippen molar-refractivity contribution in [3.8, 4) is 5.75 Å². The van der Waals surface area contributed by atoms with E-state index in [1.165, 1.54) is 5.56 Å². The highest BCUT2D eigenvalue weighted by Gasteiger charge is 2.27. The van der Waals surface area contributed by atoms with Crippen molar-refractivity contribution < 1.29 is 19.3 Å². The van der Waals surface area contributed by atoms with Crippen molar-refractivity contribution >= 4 is 0 Å². The molecule has 0 saturated carbocycles. The van der Waals surface area contributed by atoms with Crippen molar-refractivity contribution in [1.82, 2.24) is 4.90 Å². The van der Waals surface area contributed by atoms with Gasteiger partial charge in [0.2, 0.25) is 5.79 Å². The fourth-order valence-electron chi connectivity index (χ4n) is 2.78. The molecule has 1 fully saturated rings. The molecule has 0 aliphatic carbocycles. The van der Waals surface area contributed by atoms with E-state index in [1.807, 2.05) is 19.9 Å². The molecule has 1 atom stereocenters. The third kappa shape index (κ3) is 3.55. The zero-order valence-corrected chi connectivity index (χ0v) is 12.7.